The summed E-state index contributed by atoms with van der Waals surface area (Å²) in [5, 5.41) is 8.68. The summed E-state index contributed by atoms with van der Waals surface area (Å²) in [6.07, 6.45) is 4.51. The molecule has 1 aliphatic heterocycles. The number of hydrogen-bond donors (Lipinski definition) is 0. The van der Waals surface area contributed by atoms with Crippen molar-refractivity contribution in [3.05, 3.63) is 65.6 Å². The van der Waals surface area contributed by atoms with Gasteiger partial charge in [0.15, 0.2) is 0 Å². The Kier molecular flexibility index (Phi) is 7.30. The molecule has 7 nitrogen and oxygen atoms in total. The Morgan fingerprint density at radius 1 is 1.13 bits per heavy atom. The Hall–Kier alpha value is -2.74. The summed E-state index contributed by atoms with van der Waals surface area (Å²) in [6, 6.07) is 13.3. The van der Waals surface area contributed by atoms with E-state index in [1.165, 1.54) is 0 Å². The summed E-state index contributed by atoms with van der Waals surface area (Å²) in [7, 11) is 1.65. The average molecular weight is 441 g/mol. The molecule has 0 unspecified atom stereocenters. The quantitative estimate of drug-likeness (QED) is 0.447. The Labute approximate surface area is 186 Å². The topological polar surface area (TPSA) is 69.6 Å². The summed E-state index contributed by atoms with van der Waals surface area (Å²) in [5.74, 6) is 1.36. The van der Waals surface area contributed by atoms with Crippen LogP contribution < -0.4 is 9.47 Å². The van der Waals surface area contributed by atoms with E-state index in [4.69, 9.17) is 25.8 Å². The first kappa shape index (κ1) is 21.5. The van der Waals surface area contributed by atoms with E-state index in [-0.39, 0.29) is 6.10 Å². The van der Waals surface area contributed by atoms with Gasteiger partial charge in [0.25, 0.3) is 0 Å². The van der Waals surface area contributed by atoms with Crippen molar-refractivity contribution >= 4 is 11.6 Å². The monoisotopic (exact) mass is 440 g/mol. The van der Waals surface area contributed by atoms with Gasteiger partial charge in [-0.15, -0.1) is 0 Å². The number of nitrogens with zero attached hydrogens (tertiary/aromatic N) is 4. The number of ether oxygens (including phenoxy) is 3. The smallest absolute Gasteiger partial charge is 0.213 e. The predicted molar refractivity (Wildman–Crippen MR) is 119 cm³/mol. The molecule has 3 aromatic rings. The van der Waals surface area contributed by atoms with E-state index in [0.717, 1.165) is 48.6 Å². The fraction of sp³-hybridized carbons (Fsp3) is 0.348. The molecule has 162 valence electrons. The summed E-state index contributed by atoms with van der Waals surface area (Å²) >= 11 is 6.38. The molecule has 8 heteroatoms. The van der Waals surface area contributed by atoms with Crippen molar-refractivity contribution in [2.24, 2.45) is 0 Å². The number of rotatable bonds is 10. The van der Waals surface area contributed by atoms with Crippen molar-refractivity contribution in [3.8, 4) is 22.8 Å². The van der Waals surface area contributed by atoms with Gasteiger partial charge in [0.1, 0.15) is 18.5 Å². The zero-order valence-corrected chi connectivity index (χ0v) is 18.2. The first-order valence-electron chi connectivity index (χ1n) is 10.2. The zero-order chi connectivity index (χ0) is 21.5. The van der Waals surface area contributed by atoms with E-state index >= 15 is 0 Å². The standard InChI is InChI=1S/C23H25ClN4O3/c1-29-11-12-30-19-5-6-22(24)21(13-19)17-4-7-23(25-14-17)31-20-15-28(16-20)10-8-18-3-2-9-26-27-18/h2-7,9,13-14,20H,8,10-12,15-16H2,1H3. The van der Waals surface area contributed by atoms with Crippen LogP contribution in [0.3, 0.4) is 0 Å². The molecule has 1 saturated heterocycles. The van der Waals surface area contributed by atoms with Crippen LogP contribution in [0.5, 0.6) is 11.6 Å². The first-order chi connectivity index (χ1) is 15.2. The second-order valence-corrected chi connectivity index (χ2v) is 7.74. The van der Waals surface area contributed by atoms with Crippen LogP contribution in [-0.4, -0.2) is 66.1 Å². The molecule has 3 heterocycles. The average Bonchev–Trinajstić information content (AvgIpc) is 2.78. The zero-order valence-electron chi connectivity index (χ0n) is 17.4. The lowest BCUT2D eigenvalue weighted by molar-refractivity contribution is 0.0179. The number of halogens is 1. The Bertz CT molecular complexity index is 966. The molecule has 0 atom stereocenters. The highest BCUT2D eigenvalue weighted by Crippen LogP contribution is 2.32. The fourth-order valence-corrected chi connectivity index (χ4v) is 3.58. The van der Waals surface area contributed by atoms with Gasteiger partial charge in [-0.05, 0) is 36.4 Å². The minimum Gasteiger partial charge on any atom is -0.491 e. The first-order valence-corrected chi connectivity index (χ1v) is 10.6. The molecule has 0 amide bonds. The molecule has 1 aliphatic rings. The number of benzene rings is 1. The largest absolute Gasteiger partial charge is 0.491 e. The van der Waals surface area contributed by atoms with E-state index in [1.807, 2.05) is 42.5 Å². The number of pyridine rings is 1. The van der Waals surface area contributed by atoms with Gasteiger partial charge in [-0.2, -0.15) is 10.2 Å². The third kappa shape index (κ3) is 5.91. The lowest BCUT2D eigenvalue weighted by Crippen LogP contribution is -2.54. The summed E-state index contributed by atoms with van der Waals surface area (Å²) < 4.78 is 16.7. The van der Waals surface area contributed by atoms with Gasteiger partial charge in [-0.25, -0.2) is 4.98 Å². The normalized spacial score (nSPS) is 14.3. The van der Waals surface area contributed by atoms with E-state index in [1.54, 1.807) is 19.5 Å². The molecule has 0 radical (unpaired) electrons. The second kappa shape index (κ2) is 10.5. The highest BCUT2D eigenvalue weighted by molar-refractivity contribution is 6.33. The summed E-state index contributed by atoms with van der Waals surface area (Å²) in [4.78, 5) is 6.80. The number of likely N-dealkylation sites (tertiary alicyclic amines) is 1. The van der Waals surface area contributed by atoms with Gasteiger partial charge in [0.2, 0.25) is 5.88 Å². The van der Waals surface area contributed by atoms with Crippen molar-refractivity contribution in [2.45, 2.75) is 12.5 Å². The van der Waals surface area contributed by atoms with Gasteiger partial charge in [-0.1, -0.05) is 11.6 Å². The Morgan fingerprint density at radius 3 is 2.77 bits per heavy atom. The van der Waals surface area contributed by atoms with Crippen LogP contribution in [0.1, 0.15) is 5.69 Å². The Morgan fingerprint density at radius 2 is 2.03 bits per heavy atom. The van der Waals surface area contributed by atoms with Crippen LogP contribution in [0.2, 0.25) is 5.02 Å². The molecule has 0 aliphatic carbocycles. The Balaban J connectivity index is 1.28. The lowest BCUT2D eigenvalue weighted by Gasteiger charge is -2.38. The van der Waals surface area contributed by atoms with Crippen molar-refractivity contribution in [1.82, 2.24) is 20.1 Å². The van der Waals surface area contributed by atoms with Gasteiger partial charge in [0, 0.05) is 67.8 Å². The maximum atomic E-state index is 6.38. The predicted octanol–water partition coefficient (Wildman–Crippen LogP) is 3.52. The van der Waals surface area contributed by atoms with Crippen LogP contribution in [0.15, 0.2) is 54.9 Å². The van der Waals surface area contributed by atoms with E-state index in [9.17, 15) is 0 Å². The lowest BCUT2D eigenvalue weighted by atomic mass is 10.1. The van der Waals surface area contributed by atoms with E-state index in [2.05, 4.69) is 20.1 Å². The fourth-order valence-electron chi connectivity index (χ4n) is 3.36. The van der Waals surface area contributed by atoms with Crippen molar-refractivity contribution in [3.63, 3.8) is 0 Å². The van der Waals surface area contributed by atoms with Crippen LogP contribution in [0, 0.1) is 0 Å². The maximum absolute atomic E-state index is 6.38. The summed E-state index contributed by atoms with van der Waals surface area (Å²) in [6.45, 7) is 3.74. The molecule has 31 heavy (non-hydrogen) atoms. The molecule has 4 rings (SSSR count). The highest BCUT2D eigenvalue weighted by atomic mass is 35.5. The van der Waals surface area contributed by atoms with E-state index in [0.29, 0.717) is 24.1 Å². The number of methoxy groups -OCH3 is 1. The van der Waals surface area contributed by atoms with Crippen LogP contribution >= 0.6 is 11.6 Å². The van der Waals surface area contributed by atoms with Crippen molar-refractivity contribution in [1.29, 1.82) is 0 Å². The minimum atomic E-state index is 0.154. The van der Waals surface area contributed by atoms with Gasteiger partial charge >= 0.3 is 0 Å². The van der Waals surface area contributed by atoms with Crippen molar-refractivity contribution in [2.75, 3.05) is 40.0 Å². The molecule has 2 aromatic heterocycles. The number of hydrogen-bond acceptors (Lipinski definition) is 7. The van der Waals surface area contributed by atoms with E-state index < -0.39 is 0 Å². The third-order valence-electron chi connectivity index (χ3n) is 5.06. The van der Waals surface area contributed by atoms with Crippen LogP contribution in [-0.2, 0) is 11.2 Å². The SMILES string of the molecule is COCCOc1ccc(Cl)c(-c2ccc(OC3CN(CCc4cccnn4)C3)nc2)c1. The number of aromatic nitrogens is 3. The van der Waals surface area contributed by atoms with Gasteiger partial charge in [0.05, 0.1) is 12.3 Å². The molecule has 0 bridgehead atoms. The molecule has 0 saturated carbocycles. The molecule has 1 aromatic carbocycles. The molecule has 0 N–H and O–H groups in total. The third-order valence-corrected chi connectivity index (χ3v) is 5.39. The second-order valence-electron chi connectivity index (χ2n) is 7.33. The van der Waals surface area contributed by atoms with Gasteiger partial charge in [-0.3, -0.25) is 4.90 Å². The maximum Gasteiger partial charge on any atom is 0.213 e. The molecule has 0 spiro atoms. The van der Waals surface area contributed by atoms with Crippen LogP contribution in [0.4, 0.5) is 0 Å². The van der Waals surface area contributed by atoms with Crippen molar-refractivity contribution < 1.29 is 14.2 Å². The summed E-state index contributed by atoms with van der Waals surface area (Å²) in [5.41, 5.74) is 2.79. The van der Waals surface area contributed by atoms with Crippen LogP contribution in [0.25, 0.3) is 11.1 Å². The molecular formula is C23H25ClN4O3. The highest BCUT2D eigenvalue weighted by Gasteiger charge is 2.28. The molecule has 1 fully saturated rings. The molecular weight excluding hydrogens is 416 g/mol. The minimum absolute atomic E-state index is 0.154. The van der Waals surface area contributed by atoms with Gasteiger partial charge < -0.3 is 14.2 Å².